The maximum absolute atomic E-state index is 5.95. The van der Waals surface area contributed by atoms with E-state index < -0.39 is 0 Å². The molecule has 6 heteroatoms. The summed E-state index contributed by atoms with van der Waals surface area (Å²) in [5.74, 6) is 1.94. The highest BCUT2D eigenvalue weighted by molar-refractivity contribution is 6.35. The van der Waals surface area contributed by atoms with Crippen LogP contribution in [0, 0.1) is 0 Å². The van der Waals surface area contributed by atoms with Gasteiger partial charge in [-0.2, -0.15) is 0 Å². The fourth-order valence-electron chi connectivity index (χ4n) is 1.58. The SMILES string of the molecule is CC(C)c1nc(N)cc(Nc2cc(Cl)cc(Cl)c2)n1. The second kappa shape index (κ2) is 5.63. The molecule has 0 spiro atoms. The van der Waals surface area contributed by atoms with Gasteiger partial charge in [0.1, 0.15) is 17.5 Å². The van der Waals surface area contributed by atoms with Gasteiger partial charge in [-0.3, -0.25) is 0 Å². The van der Waals surface area contributed by atoms with Gasteiger partial charge in [-0.25, -0.2) is 9.97 Å². The molecule has 4 nitrogen and oxygen atoms in total. The van der Waals surface area contributed by atoms with Crippen LogP contribution in [0.25, 0.3) is 0 Å². The zero-order valence-corrected chi connectivity index (χ0v) is 12.1. The molecule has 0 aliphatic heterocycles. The summed E-state index contributed by atoms with van der Waals surface area (Å²) in [5.41, 5.74) is 6.52. The van der Waals surface area contributed by atoms with Crippen molar-refractivity contribution in [2.75, 3.05) is 11.1 Å². The summed E-state index contributed by atoms with van der Waals surface area (Å²) < 4.78 is 0. The predicted molar refractivity (Wildman–Crippen MR) is 80.3 cm³/mol. The molecule has 1 aromatic carbocycles. The third-order valence-electron chi connectivity index (χ3n) is 2.41. The van der Waals surface area contributed by atoms with E-state index in [1.165, 1.54) is 0 Å². The van der Waals surface area contributed by atoms with Gasteiger partial charge in [-0.1, -0.05) is 37.0 Å². The molecule has 0 aliphatic carbocycles. The number of benzene rings is 1. The van der Waals surface area contributed by atoms with E-state index in [4.69, 9.17) is 28.9 Å². The lowest BCUT2D eigenvalue weighted by atomic mass is 10.2. The third-order valence-corrected chi connectivity index (χ3v) is 2.85. The normalized spacial score (nSPS) is 10.8. The maximum Gasteiger partial charge on any atom is 0.136 e. The number of nitrogens with one attached hydrogen (secondary N) is 1. The van der Waals surface area contributed by atoms with Gasteiger partial charge in [-0.15, -0.1) is 0 Å². The fraction of sp³-hybridized carbons (Fsp3) is 0.231. The van der Waals surface area contributed by atoms with Gasteiger partial charge in [0, 0.05) is 27.7 Å². The van der Waals surface area contributed by atoms with Gasteiger partial charge in [-0.05, 0) is 18.2 Å². The molecule has 1 aromatic heterocycles. The van der Waals surface area contributed by atoms with Crippen LogP contribution in [0.2, 0.25) is 10.0 Å². The van der Waals surface area contributed by atoms with Crippen molar-refractivity contribution in [2.45, 2.75) is 19.8 Å². The van der Waals surface area contributed by atoms with Crippen LogP contribution in [0.3, 0.4) is 0 Å². The van der Waals surface area contributed by atoms with Crippen LogP contribution in [0.4, 0.5) is 17.3 Å². The summed E-state index contributed by atoms with van der Waals surface area (Å²) in [7, 11) is 0. The van der Waals surface area contributed by atoms with Crippen molar-refractivity contribution in [1.29, 1.82) is 0 Å². The van der Waals surface area contributed by atoms with Gasteiger partial charge in [0.05, 0.1) is 0 Å². The molecule has 0 amide bonds. The molecule has 0 radical (unpaired) electrons. The molecule has 100 valence electrons. The lowest BCUT2D eigenvalue weighted by molar-refractivity contribution is 0.779. The molecule has 0 saturated heterocycles. The summed E-state index contributed by atoms with van der Waals surface area (Å²) in [6.45, 7) is 4.02. The van der Waals surface area contributed by atoms with Crippen LogP contribution >= 0.6 is 23.2 Å². The largest absolute Gasteiger partial charge is 0.384 e. The second-order valence-corrected chi connectivity index (χ2v) is 5.35. The molecule has 0 fully saturated rings. The van der Waals surface area contributed by atoms with E-state index in [0.29, 0.717) is 27.5 Å². The number of anilines is 3. The van der Waals surface area contributed by atoms with Gasteiger partial charge < -0.3 is 11.1 Å². The summed E-state index contributed by atoms with van der Waals surface area (Å²) in [4.78, 5) is 8.58. The minimum atomic E-state index is 0.201. The number of hydrogen-bond donors (Lipinski definition) is 2. The highest BCUT2D eigenvalue weighted by Gasteiger charge is 2.07. The van der Waals surface area contributed by atoms with Crippen LogP contribution < -0.4 is 11.1 Å². The molecular weight excluding hydrogens is 283 g/mol. The number of hydrogen-bond acceptors (Lipinski definition) is 4. The molecule has 19 heavy (non-hydrogen) atoms. The Hall–Kier alpha value is -1.52. The average Bonchev–Trinajstić information content (AvgIpc) is 2.26. The fourth-order valence-corrected chi connectivity index (χ4v) is 2.11. The first-order valence-corrected chi connectivity index (χ1v) is 6.57. The second-order valence-electron chi connectivity index (χ2n) is 4.47. The Labute approximate surface area is 122 Å². The number of aromatic nitrogens is 2. The number of halogens is 2. The van der Waals surface area contributed by atoms with Gasteiger partial charge in [0.25, 0.3) is 0 Å². The molecule has 1 heterocycles. The van der Waals surface area contributed by atoms with Gasteiger partial charge in [0.15, 0.2) is 0 Å². The molecule has 3 N–H and O–H groups in total. The van der Waals surface area contributed by atoms with E-state index in [1.807, 2.05) is 13.8 Å². The van der Waals surface area contributed by atoms with E-state index in [1.54, 1.807) is 24.3 Å². The van der Waals surface area contributed by atoms with Gasteiger partial charge in [0.2, 0.25) is 0 Å². The van der Waals surface area contributed by atoms with Crippen molar-refractivity contribution in [1.82, 2.24) is 9.97 Å². The first kappa shape index (κ1) is 13.9. The Kier molecular flexibility index (Phi) is 4.12. The molecule has 0 unspecified atom stereocenters. The number of nitrogens with two attached hydrogens (primary N) is 1. The Morgan fingerprint density at radius 2 is 1.68 bits per heavy atom. The first-order chi connectivity index (χ1) is 8.94. The predicted octanol–water partition coefficient (Wildman–Crippen LogP) is 4.23. The molecule has 0 atom stereocenters. The third kappa shape index (κ3) is 3.72. The Morgan fingerprint density at radius 1 is 1.05 bits per heavy atom. The number of nitrogens with zero attached hydrogens (tertiary/aromatic N) is 2. The van der Waals surface area contributed by atoms with Crippen molar-refractivity contribution in [3.63, 3.8) is 0 Å². The standard InChI is InChI=1S/C13H14Cl2N4/c1-7(2)13-18-11(16)6-12(19-13)17-10-4-8(14)3-9(15)5-10/h3-7H,1-2H3,(H3,16,17,18,19). The topological polar surface area (TPSA) is 63.8 Å². The molecule has 0 bridgehead atoms. The zero-order chi connectivity index (χ0) is 14.0. The monoisotopic (exact) mass is 296 g/mol. The summed E-state index contributed by atoms with van der Waals surface area (Å²) >= 11 is 11.9. The molecule has 2 rings (SSSR count). The van der Waals surface area contributed by atoms with Crippen LogP contribution in [0.1, 0.15) is 25.6 Å². The smallest absolute Gasteiger partial charge is 0.136 e. The highest BCUT2D eigenvalue weighted by atomic mass is 35.5. The van der Waals surface area contributed by atoms with E-state index in [0.717, 1.165) is 5.69 Å². The summed E-state index contributed by atoms with van der Waals surface area (Å²) in [6.07, 6.45) is 0. The molecule has 0 saturated carbocycles. The van der Waals surface area contributed by atoms with Crippen LogP contribution in [0.15, 0.2) is 24.3 Å². The van der Waals surface area contributed by atoms with E-state index in [-0.39, 0.29) is 5.92 Å². The average molecular weight is 297 g/mol. The van der Waals surface area contributed by atoms with Gasteiger partial charge >= 0.3 is 0 Å². The van der Waals surface area contributed by atoms with E-state index in [9.17, 15) is 0 Å². The van der Waals surface area contributed by atoms with E-state index in [2.05, 4.69) is 15.3 Å². The first-order valence-electron chi connectivity index (χ1n) is 5.81. The lowest BCUT2D eigenvalue weighted by Gasteiger charge is -2.10. The van der Waals surface area contributed by atoms with Crippen molar-refractivity contribution in [3.8, 4) is 0 Å². The van der Waals surface area contributed by atoms with Crippen molar-refractivity contribution >= 4 is 40.5 Å². The van der Waals surface area contributed by atoms with Crippen LogP contribution in [0.5, 0.6) is 0 Å². The minimum Gasteiger partial charge on any atom is -0.384 e. The Morgan fingerprint density at radius 3 is 2.26 bits per heavy atom. The van der Waals surface area contributed by atoms with Crippen molar-refractivity contribution in [2.24, 2.45) is 0 Å². The molecule has 0 aliphatic rings. The minimum absolute atomic E-state index is 0.201. The number of rotatable bonds is 3. The quantitative estimate of drug-likeness (QED) is 0.889. The summed E-state index contributed by atoms with van der Waals surface area (Å²) in [6, 6.07) is 6.87. The lowest BCUT2D eigenvalue weighted by Crippen LogP contribution is -2.04. The van der Waals surface area contributed by atoms with Crippen molar-refractivity contribution < 1.29 is 0 Å². The Bertz CT molecular complexity index is 579. The maximum atomic E-state index is 5.95. The van der Waals surface area contributed by atoms with Crippen LogP contribution in [-0.4, -0.2) is 9.97 Å². The molecule has 2 aromatic rings. The molecular formula is C13H14Cl2N4. The number of nitrogen functional groups attached to an aromatic ring is 1. The zero-order valence-electron chi connectivity index (χ0n) is 10.6. The van der Waals surface area contributed by atoms with Crippen LogP contribution in [-0.2, 0) is 0 Å². The van der Waals surface area contributed by atoms with E-state index >= 15 is 0 Å². The summed E-state index contributed by atoms with van der Waals surface area (Å²) in [5, 5.41) is 4.23. The highest BCUT2D eigenvalue weighted by Crippen LogP contribution is 2.25. The van der Waals surface area contributed by atoms with Crippen molar-refractivity contribution in [3.05, 3.63) is 40.1 Å². The Balaban J connectivity index is 2.32.